The number of hydrogen-bond acceptors (Lipinski definition) is 8. The first kappa shape index (κ1) is 22.6. The predicted octanol–water partition coefficient (Wildman–Crippen LogP) is 3.18. The van der Waals surface area contributed by atoms with E-state index in [1.165, 1.54) is 12.1 Å². The van der Waals surface area contributed by atoms with E-state index in [-0.39, 0.29) is 11.7 Å². The molecule has 35 heavy (non-hydrogen) atoms. The summed E-state index contributed by atoms with van der Waals surface area (Å²) in [7, 11) is 0. The number of alkyl halides is 3. The largest absolute Gasteiger partial charge is 0.436 e. The third-order valence-electron chi connectivity index (χ3n) is 5.53. The third kappa shape index (κ3) is 4.73. The van der Waals surface area contributed by atoms with E-state index in [2.05, 4.69) is 25.3 Å². The molecule has 12 heteroatoms. The average molecular weight is 483 g/mol. The normalized spacial score (nSPS) is 14.3. The second kappa shape index (κ2) is 8.87. The molecule has 0 unspecified atom stereocenters. The smallest absolute Gasteiger partial charge is 0.416 e. The number of halogens is 3. The van der Waals surface area contributed by atoms with Gasteiger partial charge in [-0.1, -0.05) is 18.2 Å². The Morgan fingerprint density at radius 1 is 1.00 bits per heavy atom. The molecule has 180 valence electrons. The van der Waals surface area contributed by atoms with Crippen molar-refractivity contribution in [3.05, 3.63) is 64.4 Å². The highest BCUT2D eigenvalue weighted by Gasteiger charge is 2.30. The molecule has 0 saturated carbocycles. The molecule has 1 aliphatic rings. The van der Waals surface area contributed by atoms with E-state index in [1.54, 1.807) is 24.3 Å². The first-order valence-electron chi connectivity index (χ1n) is 10.8. The van der Waals surface area contributed by atoms with Crippen LogP contribution in [-0.4, -0.2) is 46.1 Å². The van der Waals surface area contributed by atoms with E-state index in [9.17, 15) is 18.0 Å². The number of ether oxygens (including phenoxy) is 1. The van der Waals surface area contributed by atoms with Gasteiger partial charge in [-0.3, -0.25) is 4.79 Å². The number of aromatic nitrogens is 4. The molecule has 4 N–H and O–H groups in total. The molecule has 0 bridgehead atoms. The average Bonchev–Trinajstić information content (AvgIpc) is 2.85. The van der Waals surface area contributed by atoms with Crippen molar-refractivity contribution in [1.82, 2.24) is 25.3 Å². The Morgan fingerprint density at radius 3 is 2.46 bits per heavy atom. The number of aromatic amines is 1. The van der Waals surface area contributed by atoms with Gasteiger partial charge in [-0.2, -0.15) is 18.2 Å². The summed E-state index contributed by atoms with van der Waals surface area (Å²) in [5, 5.41) is 3.25. The number of rotatable bonds is 4. The lowest BCUT2D eigenvalue weighted by molar-refractivity contribution is -0.137. The molecule has 0 spiro atoms. The number of benzene rings is 2. The summed E-state index contributed by atoms with van der Waals surface area (Å²) in [5.74, 6) is 0.652. The number of nitrogens with two attached hydrogens (primary N) is 1. The van der Waals surface area contributed by atoms with Gasteiger partial charge < -0.3 is 25.7 Å². The minimum absolute atomic E-state index is 0.169. The zero-order valence-electron chi connectivity index (χ0n) is 18.3. The van der Waals surface area contributed by atoms with Gasteiger partial charge in [-0.05, 0) is 24.3 Å². The van der Waals surface area contributed by atoms with Crippen LogP contribution in [0.1, 0.15) is 5.56 Å². The lowest BCUT2D eigenvalue weighted by Gasteiger charge is -2.27. The Balaban J connectivity index is 1.57. The van der Waals surface area contributed by atoms with Crippen LogP contribution in [0.2, 0.25) is 0 Å². The van der Waals surface area contributed by atoms with Gasteiger partial charge in [0.25, 0.3) is 5.56 Å². The van der Waals surface area contributed by atoms with Gasteiger partial charge in [0.2, 0.25) is 11.8 Å². The van der Waals surface area contributed by atoms with Crippen LogP contribution in [0.5, 0.6) is 11.6 Å². The maximum atomic E-state index is 13.0. The Labute approximate surface area is 196 Å². The molecule has 1 fully saturated rings. The zero-order chi connectivity index (χ0) is 24.6. The maximum Gasteiger partial charge on any atom is 0.416 e. The number of nitrogens with one attached hydrogen (secondary N) is 2. The van der Waals surface area contributed by atoms with Gasteiger partial charge >= 0.3 is 6.18 Å². The quantitative estimate of drug-likeness (QED) is 0.405. The molecule has 0 radical (unpaired) electrons. The summed E-state index contributed by atoms with van der Waals surface area (Å²) in [6.45, 7) is 2.79. The molecule has 1 saturated heterocycles. The van der Waals surface area contributed by atoms with E-state index >= 15 is 0 Å². The molecule has 0 aliphatic carbocycles. The lowest BCUT2D eigenvalue weighted by atomic mass is 10.1. The third-order valence-corrected chi connectivity index (χ3v) is 5.53. The monoisotopic (exact) mass is 483 g/mol. The molecule has 2 aromatic carbocycles. The summed E-state index contributed by atoms with van der Waals surface area (Å²) >= 11 is 0. The Kier molecular flexibility index (Phi) is 5.73. The van der Waals surface area contributed by atoms with Crippen molar-refractivity contribution in [2.24, 2.45) is 0 Å². The number of nitrogens with zero attached hydrogens (tertiary/aromatic N) is 4. The fraction of sp³-hybridized carbons (Fsp3) is 0.217. The number of fused-ring (bicyclic) bond motifs is 1. The number of piperazine rings is 1. The molecular formula is C23H20F3N7O2. The van der Waals surface area contributed by atoms with Gasteiger partial charge in [0.05, 0.1) is 16.8 Å². The van der Waals surface area contributed by atoms with E-state index < -0.39 is 17.3 Å². The molecule has 3 heterocycles. The SMILES string of the molecule is Nc1nc2c(Oc3cc(-c4ccc(C(F)(F)F)cc4)nc(N4CCNCC4)n3)cccc2[nH]c1=O. The Hall–Kier alpha value is -4.19. The first-order valence-corrected chi connectivity index (χ1v) is 10.8. The van der Waals surface area contributed by atoms with Crippen molar-refractivity contribution in [1.29, 1.82) is 0 Å². The van der Waals surface area contributed by atoms with Crippen molar-refractivity contribution < 1.29 is 17.9 Å². The van der Waals surface area contributed by atoms with Crippen molar-refractivity contribution in [2.75, 3.05) is 36.8 Å². The van der Waals surface area contributed by atoms with Crippen molar-refractivity contribution in [3.8, 4) is 22.9 Å². The number of anilines is 2. The molecule has 9 nitrogen and oxygen atoms in total. The minimum atomic E-state index is -4.44. The lowest BCUT2D eigenvalue weighted by Crippen LogP contribution is -2.44. The summed E-state index contributed by atoms with van der Waals surface area (Å²) in [5.41, 5.74) is 6.07. The highest BCUT2D eigenvalue weighted by molar-refractivity contribution is 5.82. The molecule has 0 atom stereocenters. The van der Waals surface area contributed by atoms with Crippen LogP contribution in [0.3, 0.4) is 0 Å². The molecule has 2 aromatic heterocycles. The van der Waals surface area contributed by atoms with Gasteiger partial charge in [-0.15, -0.1) is 0 Å². The molecule has 5 rings (SSSR count). The Morgan fingerprint density at radius 2 is 1.74 bits per heavy atom. The van der Waals surface area contributed by atoms with Gasteiger partial charge in [0, 0.05) is 37.8 Å². The van der Waals surface area contributed by atoms with Crippen LogP contribution in [-0.2, 0) is 6.18 Å². The van der Waals surface area contributed by atoms with Gasteiger partial charge in [0.15, 0.2) is 11.6 Å². The van der Waals surface area contributed by atoms with E-state index in [0.29, 0.717) is 47.1 Å². The Bertz CT molecular complexity index is 1430. The highest BCUT2D eigenvalue weighted by atomic mass is 19.4. The zero-order valence-corrected chi connectivity index (χ0v) is 18.3. The van der Waals surface area contributed by atoms with Crippen LogP contribution in [0.15, 0.2) is 53.3 Å². The summed E-state index contributed by atoms with van der Waals surface area (Å²) in [6.07, 6.45) is -4.44. The maximum absolute atomic E-state index is 13.0. The first-order chi connectivity index (χ1) is 16.8. The number of H-pyrrole nitrogens is 1. The van der Waals surface area contributed by atoms with Crippen molar-refractivity contribution in [3.63, 3.8) is 0 Å². The van der Waals surface area contributed by atoms with Crippen LogP contribution < -0.4 is 26.2 Å². The van der Waals surface area contributed by atoms with Crippen LogP contribution in [0.4, 0.5) is 24.9 Å². The van der Waals surface area contributed by atoms with Crippen molar-refractivity contribution >= 4 is 22.8 Å². The fourth-order valence-electron chi connectivity index (χ4n) is 3.74. The van der Waals surface area contributed by atoms with Crippen molar-refractivity contribution in [2.45, 2.75) is 6.18 Å². The second-order valence-corrected chi connectivity index (χ2v) is 7.91. The second-order valence-electron chi connectivity index (χ2n) is 7.91. The van der Waals surface area contributed by atoms with E-state index in [4.69, 9.17) is 10.5 Å². The summed E-state index contributed by atoms with van der Waals surface area (Å²) in [4.78, 5) is 29.7. The van der Waals surface area contributed by atoms with Crippen LogP contribution in [0, 0.1) is 0 Å². The molecule has 1 aliphatic heterocycles. The van der Waals surface area contributed by atoms with Gasteiger partial charge in [0.1, 0.15) is 5.52 Å². The van der Waals surface area contributed by atoms with E-state index in [1.807, 2.05) is 4.90 Å². The topological polar surface area (TPSA) is 122 Å². The molecule has 0 amide bonds. The summed E-state index contributed by atoms with van der Waals surface area (Å²) < 4.78 is 45.1. The van der Waals surface area contributed by atoms with Gasteiger partial charge in [-0.25, -0.2) is 9.97 Å². The number of para-hydroxylation sites is 1. The fourth-order valence-corrected chi connectivity index (χ4v) is 3.74. The summed E-state index contributed by atoms with van der Waals surface area (Å²) in [6, 6.07) is 11.3. The minimum Gasteiger partial charge on any atom is -0.436 e. The molecular weight excluding hydrogens is 463 g/mol. The van der Waals surface area contributed by atoms with Crippen LogP contribution >= 0.6 is 0 Å². The van der Waals surface area contributed by atoms with Crippen LogP contribution in [0.25, 0.3) is 22.3 Å². The standard InChI is InChI=1S/C23H20F3N7O2/c24-23(25,26)14-6-4-13(5-7-14)16-12-18(31-22(30-16)33-10-8-28-9-11-33)35-17-3-1-2-15-19(17)32-20(27)21(34)29-15/h1-7,12,28H,8-11H2,(H2,27,32)(H,29,34). The number of hydrogen-bond donors (Lipinski definition) is 3. The van der Waals surface area contributed by atoms with E-state index in [0.717, 1.165) is 25.2 Å². The number of nitrogen functional groups attached to an aromatic ring is 1. The molecule has 4 aromatic rings. The highest BCUT2D eigenvalue weighted by Crippen LogP contribution is 2.33. The predicted molar refractivity (Wildman–Crippen MR) is 124 cm³/mol.